The maximum Gasteiger partial charge on any atom is -0.0149 e. The zero-order valence-electron chi connectivity index (χ0n) is 9.70. The highest BCUT2D eigenvalue weighted by Crippen LogP contribution is 2.29. The van der Waals surface area contributed by atoms with E-state index in [2.05, 4.69) is 63.2 Å². The Hall–Kier alpha value is -1.30. The van der Waals surface area contributed by atoms with Gasteiger partial charge in [-0.15, -0.1) is 0 Å². The molecule has 0 bridgehead atoms. The number of benzene rings is 2. The van der Waals surface area contributed by atoms with Gasteiger partial charge in [0.1, 0.15) is 0 Å². The van der Waals surface area contributed by atoms with Crippen LogP contribution in [-0.2, 0) is 0 Å². The van der Waals surface area contributed by atoms with Crippen LogP contribution in [-0.4, -0.2) is 0 Å². The molecule has 0 N–H and O–H groups in total. The van der Waals surface area contributed by atoms with Crippen LogP contribution in [0.2, 0.25) is 0 Å². The second kappa shape index (κ2) is 4.06. The Bertz CT molecular complexity index is 449. The predicted octanol–water partition coefficient (Wildman–Crippen LogP) is 4.60. The lowest BCUT2D eigenvalue weighted by atomic mass is 9.87. The average Bonchev–Trinajstić information content (AvgIpc) is 2.27. The summed E-state index contributed by atoms with van der Waals surface area (Å²) in [7, 11) is 0. The summed E-state index contributed by atoms with van der Waals surface area (Å²) in [5, 5.41) is 2.75. The zero-order chi connectivity index (χ0) is 10.8. The lowest BCUT2D eigenvalue weighted by Crippen LogP contribution is -2.02. The molecule has 1 atom stereocenters. The van der Waals surface area contributed by atoms with Gasteiger partial charge >= 0.3 is 0 Å². The first-order chi connectivity index (χ1) is 7.20. The summed E-state index contributed by atoms with van der Waals surface area (Å²) < 4.78 is 0. The molecule has 2 aromatic rings. The van der Waals surface area contributed by atoms with Crippen LogP contribution in [0.4, 0.5) is 0 Å². The fourth-order valence-corrected chi connectivity index (χ4v) is 2.01. The Labute approximate surface area is 91.9 Å². The van der Waals surface area contributed by atoms with Gasteiger partial charge in [0.15, 0.2) is 0 Å². The van der Waals surface area contributed by atoms with Gasteiger partial charge in [-0.1, -0.05) is 63.2 Å². The van der Waals surface area contributed by atoms with E-state index >= 15 is 0 Å². The van der Waals surface area contributed by atoms with Crippen LogP contribution >= 0.6 is 0 Å². The van der Waals surface area contributed by atoms with Crippen LogP contribution in [0.1, 0.15) is 32.3 Å². The zero-order valence-corrected chi connectivity index (χ0v) is 9.70. The normalized spacial score (nSPS) is 13.3. The highest BCUT2D eigenvalue weighted by molar-refractivity contribution is 5.86. The Morgan fingerprint density at radius 2 is 1.47 bits per heavy atom. The lowest BCUT2D eigenvalue weighted by molar-refractivity contribution is 0.538. The summed E-state index contributed by atoms with van der Waals surface area (Å²) in [4.78, 5) is 0. The molecule has 78 valence electrons. The smallest absolute Gasteiger partial charge is 0.0149 e. The van der Waals surface area contributed by atoms with E-state index < -0.39 is 0 Å². The van der Waals surface area contributed by atoms with E-state index in [4.69, 9.17) is 0 Å². The van der Waals surface area contributed by atoms with Crippen molar-refractivity contribution in [3.8, 4) is 0 Å². The van der Waals surface area contributed by atoms with Crippen molar-refractivity contribution in [1.82, 2.24) is 0 Å². The van der Waals surface area contributed by atoms with Crippen molar-refractivity contribution in [3.63, 3.8) is 0 Å². The van der Waals surface area contributed by atoms with Crippen molar-refractivity contribution in [3.05, 3.63) is 48.0 Å². The van der Waals surface area contributed by atoms with Crippen molar-refractivity contribution in [2.75, 3.05) is 0 Å². The summed E-state index contributed by atoms with van der Waals surface area (Å²) in [6, 6.07) is 15.2. The first-order valence-corrected chi connectivity index (χ1v) is 5.68. The number of hydrogen-bond acceptors (Lipinski definition) is 0. The summed E-state index contributed by atoms with van der Waals surface area (Å²) >= 11 is 0. The minimum absolute atomic E-state index is 0.621. The van der Waals surface area contributed by atoms with Crippen molar-refractivity contribution >= 4 is 10.8 Å². The van der Waals surface area contributed by atoms with E-state index in [0.717, 1.165) is 0 Å². The van der Waals surface area contributed by atoms with Crippen molar-refractivity contribution in [2.45, 2.75) is 26.7 Å². The van der Waals surface area contributed by atoms with E-state index in [9.17, 15) is 0 Å². The van der Waals surface area contributed by atoms with Gasteiger partial charge in [-0.2, -0.15) is 0 Å². The summed E-state index contributed by atoms with van der Waals surface area (Å²) in [6.07, 6.45) is 0. The van der Waals surface area contributed by atoms with Gasteiger partial charge in [-0.25, -0.2) is 0 Å². The third-order valence-corrected chi connectivity index (χ3v) is 3.31. The average molecular weight is 198 g/mol. The molecule has 0 aromatic heterocycles. The van der Waals surface area contributed by atoms with Crippen LogP contribution < -0.4 is 0 Å². The molecule has 0 heterocycles. The van der Waals surface area contributed by atoms with Gasteiger partial charge in [0.2, 0.25) is 0 Å². The Morgan fingerprint density at radius 1 is 0.800 bits per heavy atom. The topological polar surface area (TPSA) is 0 Å². The largest absolute Gasteiger partial charge is 0.0622 e. The fourth-order valence-electron chi connectivity index (χ4n) is 2.01. The standard InChI is InChI=1S/C15H18/c1-11(2)12(3)14-10-6-8-13-7-4-5-9-15(13)14/h4-12H,1-3H3. The molecule has 0 saturated carbocycles. The van der Waals surface area contributed by atoms with Crippen LogP contribution in [0, 0.1) is 5.92 Å². The van der Waals surface area contributed by atoms with Gasteiger partial charge in [0.25, 0.3) is 0 Å². The molecule has 0 spiro atoms. The molecule has 1 unspecified atom stereocenters. The van der Waals surface area contributed by atoms with Crippen molar-refractivity contribution < 1.29 is 0 Å². The fraction of sp³-hybridized carbons (Fsp3) is 0.333. The molecule has 0 fully saturated rings. The molecule has 0 aliphatic carbocycles. The van der Waals surface area contributed by atoms with Crippen LogP contribution in [0.15, 0.2) is 42.5 Å². The molecular formula is C15H18. The minimum Gasteiger partial charge on any atom is -0.0622 e. The molecule has 0 saturated heterocycles. The SMILES string of the molecule is CC(C)C(C)c1cccc2ccccc12. The Kier molecular flexibility index (Phi) is 2.77. The molecule has 0 nitrogen and oxygen atoms in total. The minimum atomic E-state index is 0.621. The van der Waals surface area contributed by atoms with Crippen LogP contribution in [0.25, 0.3) is 10.8 Å². The van der Waals surface area contributed by atoms with E-state index in [-0.39, 0.29) is 0 Å². The van der Waals surface area contributed by atoms with Crippen molar-refractivity contribution in [2.24, 2.45) is 5.92 Å². The van der Waals surface area contributed by atoms with Gasteiger partial charge in [-0.05, 0) is 28.2 Å². The molecule has 2 aromatic carbocycles. The summed E-state index contributed by atoms with van der Waals surface area (Å²) in [5.41, 5.74) is 1.48. The Morgan fingerprint density at radius 3 is 2.20 bits per heavy atom. The molecule has 15 heavy (non-hydrogen) atoms. The number of rotatable bonds is 2. The van der Waals surface area contributed by atoms with E-state index in [1.807, 2.05) is 0 Å². The molecule has 0 aliphatic rings. The first-order valence-electron chi connectivity index (χ1n) is 5.68. The maximum atomic E-state index is 2.31. The highest BCUT2D eigenvalue weighted by Gasteiger charge is 2.12. The van der Waals surface area contributed by atoms with E-state index in [1.54, 1.807) is 0 Å². The second-order valence-electron chi connectivity index (χ2n) is 4.60. The summed E-state index contributed by atoms with van der Waals surface area (Å²) in [5.74, 6) is 1.31. The van der Waals surface area contributed by atoms with Gasteiger partial charge < -0.3 is 0 Å². The van der Waals surface area contributed by atoms with Gasteiger partial charge in [-0.3, -0.25) is 0 Å². The summed E-state index contributed by atoms with van der Waals surface area (Å²) in [6.45, 7) is 6.88. The molecular weight excluding hydrogens is 180 g/mol. The van der Waals surface area contributed by atoms with E-state index in [0.29, 0.717) is 11.8 Å². The predicted molar refractivity (Wildman–Crippen MR) is 67.2 cm³/mol. The molecule has 0 heteroatoms. The maximum absolute atomic E-state index is 2.31. The highest BCUT2D eigenvalue weighted by atomic mass is 14.2. The first kappa shape index (κ1) is 10.2. The van der Waals surface area contributed by atoms with Crippen molar-refractivity contribution in [1.29, 1.82) is 0 Å². The van der Waals surface area contributed by atoms with Crippen LogP contribution in [0.5, 0.6) is 0 Å². The van der Waals surface area contributed by atoms with Gasteiger partial charge in [0, 0.05) is 0 Å². The molecule has 2 rings (SSSR count). The van der Waals surface area contributed by atoms with Crippen LogP contribution in [0.3, 0.4) is 0 Å². The molecule has 0 aliphatic heterocycles. The third-order valence-electron chi connectivity index (χ3n) is 3.31. The third kappa shape index (κ3) is 1.90. The number of fused-ring (bicyclic) bond motifs is 1. The lowest BCUT2D eigenvalue weighted by Gasteiger charge is -2.18. The number of hydrogen-bond donors (Lipinski definition) is 0. The Balaban J connectivity index is 2.60. The quantitative estimate of drug-likeness (QED) is 0.661. The van der Waals surface area contributed by atoms with E-state index in [1.165, 1.54) is 16.3 Å². The molecule has 0 radical (unpaired) electrons. The monoisotopic (exact) mass is 198 g/mol. The molecule has 0 amide bonds. The second-order valence-corrected chi connectivity index (χ2v) is 4.60. The van der Waals surface area contributed by atoms with Gasteiger partial charge in [0.05, 0.1) is 0 Å².